The third-order valence-corrected chi connectivity index (χ3v) is 3.36. The van der Waals surface area contributed by atoms with Gasteiger partial charge in [0, 0.05) is 17.6 Å². The Balaban J connectivity index is 2.39. The summed E-state index contributed by atoms with van der Waals surface area (Å²) in [6.45, 7) is 0. The van der Waals surface area contributed by atoms with Crippen LogP contribution >= 0.6 is 0 Å². The predicted molar refractivity (Wildman–Crippen MR) is 74.2 cm³/mol. The number of benzene rings is 1. The molecular weight excluding hydrogens is 292 g/mol. The average Bonchev–Trinajstić information content (AvgIpc) is 2.49. The number of rotatable bonds is 4. The molecule has 0 unspecified atom stereocenters. The molecule has 0 heterocycles. The van der Waals surface area contributed by atoms with Crippen LogP contribution in [0.2, 0.25) is 0 Å². The summed E-state index contributed by atoms with van der Waals surface area (Å²) in [5, 5.41) is 29.6. The van der Waals surface area contributed by atoms with Gasteiger partial charge in [0.05, 0.1) is 25.2 Å². The molecule has 0 radical (unpaired) electrons. The molecule has 116 valence electrons. The average molecular weight is 306 g/mol. The fraction of sp³-hybridized carbons (Fsp3) is 0.267. The number of ketones is 2. The molecule has 3 N–H and O–H groups in total. The second kappa shape index (κ2) is 5.98. The number of esters is 1. The monoisotopic (exact) mass is 306 g/mol. The van der Waals surface area contributed by atoms with E-state index in [1.54, 1.807) is 0 Å². The molecule has 1 atom stereocenters. The van der Waals surface area contributed by atoms with E-state index in [0.717, 1.165) is 7.11 Å². The summed E-state index contributed by atoms with van der Waals surface area (Å²) in [6.07, 6.45) is -2.03. The van der Waals surface area contributed by atoms with Crippen molar-refractivity contribution in [3.63, 3.8) is 0 Å². The van der Waals surface area contributed by atoms with Crippen LogP contribution in [0.4, 0.5) is 0 Å². The van der Waals surface area contributed by atoms with Gasteiger partial charge in [-0.05, 0) is 6.07 Å². The lowest BCUT2D eigenvalue weighted by atomic mass is 9.85. The zero-order valence-electron chi connectivity index (χ0n) is 11.7. The summed E-state index contributed by atoms with van der Waals surface area (Å²) in [5.41, 5.74) is -0.541. The minimum Gasteiger partial charge on any atom is -0.507 e. The Kier molecular flexibility index (Phi) is 4.27. The number of hydrogen-bond acceptors (Lipinski definition) is 7. The number of phenolic OH excluding ortho intramolecular Hbond substituents is 1. The molecule has 2 rings (SSSR count). The van der Waals surface area contributed by atoms with Gasteiger partial charge in [-0.1, -0.05) is 12.1 Å². The molecule has 22 heavy (non-hydrogen) atoms. The van der Waals surface area contributed by atoms with Crippen LogP contribution in [0.3, 0.4) is 0 Å². The maximum absolute atomic E-state index is 12.0. The van der Waals surface area contributed by atoms with E-state index in [4.69, 9.17) is 0 Å². The van der Waals surface area contributed by atoms with Gasteiger partial charge in [-0.15, -0.1) is 0 Å². The van der Waals surface area contributed by atoms with Crippen molar-refractivity contribution in [3.05, 3.63) is 34.9 Å². The molecule has 0 bridgehead atoms. The molecule has 1 aliphatic carbocycles. The summed E-state index contributed by atoms with van der Waals surface area (Å²) in [4.78, 5) is 35.1. The van der Waals surface area contributed by atoms with Crippen molar-refractivity contribution in [2.45, 2.75) is 18.9 Å². The molecule has 0 aromatic heterocycles. The number of phenols is 1. The second-order valence-corrected chi connectivity index (χ2v) is 4.82. The highest BCUT2D eigenvalue weighted by molar-refractivity contribution is 6.52. The topological polar surface area (TPSA) is 121 Å². The van der Waals surface area contributed by atoms with E-state index in [-0.39, 0.29) is 29.5 Å². The van der Waals surface area contributed by atoms with E-state index < -0.39 is 35.1 Å². The first-order valence-electron chi connectivity index (χ1n) is 6.45. The van der Waals surface area contributed by atoms with Crippen LogP contribution in [0.25, 0.3) is 5.76 Å². The fourth-order valence-corrected chi connectivity index (χ4v) is 2.27. The number of carbonyl (C=O) groups is 3. The number of ether oxygens (including phenoxy) is 1. The van der Waals surface area contributed by atoms with Gasteiger partial charge < -0.3 is 20.1 Å². The number of aromatic hydroxyl groups is 1. The molecule has 0 amide bonds. The fourth-order valence-electron chi connectivity index (χ4n) is 2.27. The second-order valence-electron chi connectivity index (χ2n) is 4.82. The number of methoxy groups -OCH3 is 1. The maximum Gasteiger partial charge on any atom is 0.308 e. The first-order valence-corrected chi connectivity index (χ1v) is 6.45. The van der Waals surface area contributed by atoms with Gasteiger partial charge in [0.25, 0.3) is 0 Å². The standard InChI is InChI=1S/C15H14O7/c1-22-11(18)6-7(16)5-9-13(19)8-3-2-4-10(17)12(8)15(21)14(9)20/h2-4,7,16-17,19H,5-6H2,1H3/t7-/m0/s1. The molecule has 7 heteroatoms. The highest BCUT2D eigenvalue weighted by atomic mass is 16.5. The number of aliphatic hydroxyl groups excluding tert-OH is 2. The van der Waals surface area contributed by atoms with E-state index in [1.807, 2.05) is 0 Å². The summed E-state index contributed by atoms with van der Waals surface area (Å²) in [7, 11) is 1.15. The lowest BCUT2D eigenvalue weighted by Crippen LogP contribution is -2.27. The van der Waals surface area contributed by atoms with Crippen molar-refractivity contribution in [1.29, 1.82) is 0 Å². The van der Waals surface area contributed by atoms with Gasteiger partial charge in [-0.25, -0.2) is 0 Å². The number of carbonyl (C=O) groups excluding carboxylic acids is 3. The third-order valence-electron chi connectivity index (χ3n) is 3.36. The van der Waals surface area contributed by atoms with Gasteiger partial charge in [0.15, 0.2) is 0 Å². The normalized spacial score (nSPS) is 15.5. The zero-order chi connectivity index (χ0) is 16.4. The number of Topliss-reactive ketones (excluding diaryl/α,β-unsaturated/α-hetero) is 2. The summed E-state index contributed by atoms with van der Waals surface area (Å²) in [5.74, 6) is -3.56. The first kappa shape index (κ1) is 15.7. The van der Waals surface area contributed by atoms with Crippen molar-refractivity contribution in [2.24, 2.45) is 0 Å². The van der Waals surface area contributed by atoms with Crippen molar-refractivity contribution in [3.8, 4) is 5.75 Å². The van der Waals surface area contributed by atoms with Gasteiger partial charge in [-0.2, -0.15) is 0 Å². The number of fused-ring (bicyclic) bond motifs is 1. The van der Waals surface area contributed by atoms with Crippen LogP contribution in [0.15, 0.2) is 23.8 Å². The van der Waals surface area contributed by atoms with Crippen molar-refractivity contribution in [2.75, 3.05) is 7.11 Å². The lowest BCUT2D eigenvalue weighted by molar-refractivity contribution is -0.142. The SMILES string of the molecule is COC(=O)C[C@@H](O)CC1=C(O)c2cccc(O)c2C(=O)C1=O. The Hall–Kier alpha value is -2.67. The van der Waals surface area contributed by atoms with Crippen LogP contribution in [-0.4, -0.2) is 46.1 Å². The van der Waals surface area contributed by atoms with Crippen molar-refractivity contribution < 1.29 is 34.4 Å². The van der Waals surface area contributed by atoms with Crippen LogP contribution in [0, 0.1) is 0 Å². The molecular formula is C15H14O7. The van der Waals surface area contributed by atoms with Crippen molar-refractivity contribution >= 4 is 23.3 Å². The smallest absolute Gasteiger partial charge is 0.308 e. The quantitative estimate of drug-likeness (QED) is 0.554. The molecule has 7 nitrogen and oxygen atoms in total. The largest absolute Gasteiger partial charge is 0.507 e. The molecule has 0 fully saturated rings. The number of hydrogen-bond donors (Lipinski definition) is 3. The van der Waals surface area contributed by atoms with E-state index >= 15 is 0 Å². The molecule has 1 aliphatic rings. The summed E-state index contributed by atoms with van der Waals surface area (Å²) < 4.78 is 4.39. The summed E-state index contributed by atoms with van der Waals surface area (Å²) in [6, 6.07) is 4.02. The Morgan fingerprint density at radius 2 is 1.91 bits per heavy atom. The Labute approximate surface area is 125 Å². The van der Waals surface area contributed by atoms with Crippen LogP contribution in [0.1, 0.15) is 28.8 Å². The van der Waals surface area contributed by atoms with E-state index in [9.17, 15) is 29.7 Å². The van der Waals surface area contributed by atoms with E-state index in [1.165, 1.54) is 18.2 Å². The zero-order valence-corrected chi connectivity index (χ0v) is 11.7. The Morgan fingerprint density at radius 1 is 1.23 bits per heavy atom. The van der Waals surface area contributed by atoms with E-state index in [0.29, 0.717) is 0 Å². The van der Waals surface area contributed by atoms with Gasteiger partial charge in [-0.3, -0.25) is 14.4 Å². The number of aliphatic hydroxyl groups is 2. The van der Waals surface area contributed by atoms with Gasteiger partial charge >= 0.3 is 5.97 Å². The van der Waals surface area contributed by atoms with Crippen molar-refractivity contribution in [1.82, 2.24) is 0 Å². The minimum absolute atomic E-state index is 0.0184. The molecule has 0 spiro atoms. The minimum atomic E-state index is -1.28. The molecule has 0 saturated heterocycles. The third kappa shape index (κ3) is 2.71. The maximum atomic E-state index is 12.0. The van der Waals surface area contributed by atoms with E-state index in [2.05, 4.69) is 4.74 Å². The Morgan fingerprint density at radius 3 is 2.55 bits per heavy atom. The van der Waals surface area contributed by atoms with Crippen LogP contribution in [0.5, 0.6) is 5.75 Å². The van der Waals surface area contributed by atoms with Crippen LogP contribution < -0.4 is 0 Å². The predicted octanol–water partition coefficient (Wildman–Crippen LogP) is 0.741. The van der Waals surface area contributed by atoms with Crippen LogP contribution in [-0.2, 0) is 14.3 Å². The molecule has 1 aromatic carbocycles. The van der Waals surface area contributed by atoms with Gasteiger partial charge in [0.2, 0.25) is 11.6 Å². The highest BCUT2D eigenvalue weighted by Crippen LogP contribution is 2.34. The lowest BCUT2D eigenvalue weighted by Gasteiger charge is -2.20. The summed E-state index contributed by atoms with van der Waals surface area (Å²) >= 11 is 0. The highest BCUT2D eigenvalue weighted by Gasteiger charge is 2.35. The Bertz CT molecular complexity index is 687. The molecule has 0 aliphatic heterocycles. The molecule has 1 aromatic rings. The first-order chi connectivity index (χ1) is 10.4. The molecule has 0 saturated carbocycles. The van der Waals surface area contributed by atoms with Gasteiger partial charge in [0.1, 0.15) is 11.5 Å².